The molecular formula is C11H19N5O. The molecule has 0 saturated carbocycles. The van der Waals surface area contributed by atoms with Crippen molar-refractivity contribution >= 4 is 5.91 Å². The number of nitrogens with two attached hydrogens (primary N) is 1. The van der Waals surface area contributed by atoms with Gasteiger partial charge in [0.25, 0.3) is 0 Å². The lowest BCUT2D eigenvalue weighted by atomic mass is 10.0. The predicted molar refractivity (Wildman–Crippen MR) is 62.9 cm³/mol. The van der Waals surface area contributed by atoms with Gasteiger partial charge in [-0.15, -0.1) is 10.2 Å². The van der Waals surface area contributed by atoms with E-state index in [0.717, 1.165) is 18.8 Å². The Morgan fingerprint density at radius 3 is 3.00 bits per heavy atom. The van der Waals surface area contributed by atoms with E-state index in [1.807, 2.05) is 4.57 Å². The van der Waals surface area contributed by atoms with Gasteiger partial charge in [-0.05, 0) is 12.3 Å². The fourth-order valence-corrected chi connectivity index (χ4v) is 2.10. The van der Waals surface area contributed by atoms with E-state index in [2.05, 4.69) is 24.0 Å². The molecule has 0 aliphatic carbocycles. The maximum atomic E-state index is 12.1. The summed E-state index contributed by atoms with van der Waals surface area (Å²) in [7, 11) is 0. The van der Waals surface area contributed by atoms with E-state index in [-0.39, 0.29) is 5.91 Å². The first-order valence-electron chi connectivity index (χ1n) is 5.99. The molecule has 6 heteroatoms. The summed E-state index contributed by atoms with van der Waals surface area (Å²) in [6.07, 6.45) is 2.42. The summed E-state index contributed by atoms with van der Waals surface area (Å²) in [6, 6.07) is -0.399. The molecule has 0 radical (unpaired) electrons. The molecule has 0 fully saturated rings. The molecule has 1 atom stereocenters. The fourth-order valence-electron chi connectivity index (χ4n) is 2.10. The lowest BCUT2D eigenvalue weighted by Gasteiger charge is -2.29. The molecule has 2 heterocycles. The highest BCUT2D eigenvalue weighted by Gasteiger charge is 2.26. The van der Waals surface area contributed by atoms with Crippen LogP contribution in [0.25, 0.3) is 0 Å². The standard InChI is InChI=1S/C11H19N5O/c1-8(2)5-9(12)11(17)15-3-4-16-7-13-14-10(16)6-15/h7-9H,3-6,12H2,1-2H3/t9-/m1/s1. The van der Waals surface area contributed by atoms with Gasteiger partial charge in [0.1, 0.15) is 6.33 Å². The van der Waals surface area contributed by atoms with Crippen molar-refractivity contribution in [3.05, 3.63) is 12.2 Å². The van der Waals surface area contributed by atoms with Gasteiger partial charge >= 0.3 is 0 Å². The predicted octanol–water partition coefficient (Wildman–Crippen LogP) is -0.00630. The van der Waals surface area contributed by atoms with E-state index in [1.165, 1.54) is 0 Å². The van der Waals surface area contributed by atoms with E-state index in [1.54, 1.807) is 11.2 Å². The first-order valence-corrected chi connectivity index (χ1v) is 5.99. The molecule has 1 aliphatic heterocycles. The summed E-state index contributed by atoms with van der Waals surface area (Å²) < 4.78 is 1.97. The Hall–Kier alpha value is -1.43. The van der Waals surface area contributed by atoms with E-state index >= 15 is 0 Å². The molecule has 17 heavy (non-hydrogen) atoms. The van der Waals surface area contributed by atoms with Crippen LogP contribution in [0, 0.1) is 5.92 Å². The lowest BCUT2D eigenvalue weighted by molar-refractivity contribution is -0.134. The highest BCUT2D eigenvalue weighted by molar-refractivity contribution is 5.81. The number of carbonyl (C=O) groups excluding carboxylic acids is 1. The van der Waals surface area contributed by atoms with Gasteiger partial charge in [-0.25, -0.2) is 0 Å². The molecule has 0 aromatic carbocycles. The third-order valence-corrected chi connectivity index (χ3v) is 2.99. The number of aromatic nitrogens is 3. The normalized spacial score (nSPS) is 17.1. The molecule has 1 aromatic rings. The molecule has 6 nitrogen and oxygen atoms in total. The molecule has 0 unspecified atom stereocenters. The molecule has 1 aromatic heterocycles. The van der Waals surface area contributed by atoms with Crippen molar-refractivity contribution in [3.8, 4) is 0 Å². The van der Waals surface area contributed by atoms with Crippen LogP contribution in [0.4, 0.5) is 0 Å². The van der Waals surface area contributed by atoms with Crippen molar-refractivity contribution in [2.75, 3.05) is 6.54 Å². The van der Waals surface area contributed by atoms with Crippen molar-refractivity contribution in [1.29, 1.82) is 0 Å². The average molecular weight is 237 g/mol. The monoisotopic (exact) mass is 237 g/mol. The van der Waals surface area contributed by atoms with Crippen LogP contribution < -0.4 is 5.73 Å². The van der Waals surface area contributed by atoms with Gasteiger partial charge in [0.05, 0.1) is 12.6 Å². The smallest absolute Gasteiger partial charge is 0.239 e. The quantitative estimate of drug-likeness (QED) is 0.802. The van der Waals surface area contributed by atoms with Crippen molar-refractivity contribution in [1.82, 2.24) is 19.7 Å². The van der Waals surface area contributed by atoms with Crippen molar-refractivity contribution in [2.45, 2.75) is 39.4 Å². The van der Waals surface area contributed by atoms with Gasteiger partial charge < -0.3 is 15.2 Å². The molecular weight excluding hydrogens is 218 g/mol. The minimum atomic E-state index is -0.399. The Kier molecular flexibility index (Phi) is 3.42. The van der Waals surface area contributed by atoms with Gasteiger partial charge in [0, 0.05) is 13.1 Å². The molecule has 2 rings (SSSR count). The van der Waals surface area contributed by atoms with E-state index < -0.39 is 6.04 Å². The summed E-state index contributed by atoms with van der Waals surface area (Å²) in [5, 5.41) is 7.82. The van der Waals surface area contributed by atoms with Gasteiger partial charge in [0.15, 0.2) is 5.82 Å². The second kappa shape index (κ2) is 4.83. The Balaban J connectivity index is 1.98. The molecule has 0 bridgehead atoms. The van der Waals surface area contributed by atoms with Crippen LogP contribution in [-0.4, -0.2) is 38.2 Å². The largest absolute Gasteiger partial charge is 0.332 e. The number of hydrogen-bond donors (Lipinski definition) is 1. The third-order valence-electron chi connectivity index (χ3n) is 2.99. The Labute approximate surface area is 101 Å². The number of nitrogens with zero attached hydrogens (tertiary/aromatic N) is 4. The Morgan fingerprint density at radius 1 is 1.53 bits per heavy atom. The molecule has 0 spiro atoms. The van der Waals surface area contributed by atoms with Gasteiger partial charge in [-0.2, -0.15) is 0 Å². The second-order valence-electron chi connectivity index (χ2n) is 4.94. The fraction of sp³-hybridized carbons (Fsp3) is 0.727. The zero-order chi connectivity index (χ0) is 12.4. The highest BCUT2D eigenvalue weighted by atomic mass is 16.2. The maximum Gasteiger partial charge on any atom is 0.239 e. The third kappa shape index (κ3) is 2.63. The topological polar surface area (TPSA) is 77.0 Å². The van der Waals surface area contributed by atoms with Crippen LogP contribution in [0.1, 0.15) is 26.1 Å². The number of amides is 1. The van der Waals surface area contributed by atoms with Crippen molar-refractivity contribution in [2.24, 2.45) is 11.7 Å². The van der Waals surface area contributed by atoms with Gasteiger partial charge in [0.2, 0.25) is 5.91 Å². The molecule has 1 amide bonds. The Morgan fingerprint density at radius 2 is 2.29 bits per heavy atom. The van der Waals surface area contributed by atoms with Gasteiger partial charge in [-0.3, -0.25) is 4.79 Å². The summed E-state index contributed by atoms with van der Waals surface area (Å²) in [5.74, 6) is 1.29. The van der Waals surface area contributed by atoms with Crippen LogP contribution in [0.15, 0.2) is 6.33 Å². The van der Waals surface area contributed by atoms with E-state index in [9.17, 15) is 4.79 Å². The number of fused-ring (bicyclic) bond motifs is 1. The summed E-state index contributed by atoms with van der Waals surface area (Å²) >= 11 is 0. The molecule has 0 saturated heterocycles. The van der Waals surface area contributed by atoms with Crippen LogP contribution in [-0.2, 0) is 17.9 Å². The minimum Gasteiger partial charge on any atom is -0.332 e. The zero-order valence-corrected chi connectivity index (χ0v) is 10.3. The van der Waals surface area contributed by atoms with Gasteiger partial charge in [-0.1, -0.05) is 13.8 Å². The average Bonchev–Trinajstić information content (AvgIpc) is 2.73. The van der Waals surface area contributed by atoms with Crippen LogP contribution >= 0.6 is 0 Å². The number of carbonyl (C=O) groups is 1. The van der Waals surface area contributed by atoms with Crippen molar-refractivity contribution in [3.63, 3.8) is 0 Å². The summed E-state index contributed by atoms with van der Waals surface area (Å²) in [4.78, 5) is 13.9. The van der Waals surface area contributed by atoms with Crippen LogP contribution in [0.5, 0.6) is 0 Å². The molecule has 1 aliphatic rings. The highest BCUT2D eigenvalue weighted by Crippen LogP contribution is 2.12. The molecule has 94 valence electrons. The second-order valence-corrected chi connectivity index (χ2v) is 4.94. The van der Waals surface area contributed by atoms with Crippen LogP contribution in [0.3, 0.4) is 0 Å². The minimum absolute atomic E-state index is 0.0213. The van der Waals surface area contributed by atoms with Crippen molar-refractivity contribution < 1.29 is 4.79 Å². The maximum absolute atomic E-state index is 12.1. The van der Waals surface area contributed by atoms with E-state index in [4.69, 9.17) is 5.73 Å². The number of rotatable bonds is 3. The SMILES string of the molecule is CC(C)C[C@@H](N)C(=O)N1CCn2cnnc2C1. The first-order chi connectivity index (χ1) is 8.08. The zero-order valence-electron chi connectivity index (χ0n) is 10.3. The molecule has 2 N–H and O–H groups in total. The lowest BCUT2D eigenvalue weighted by Crippen LogP contribution is -2.47. The Bertz CT molecular complexity index is 400. The number of hydrogen-bond acceptors (Lipinski definition) is 4. The van der Waals surface area contributed by atoms with E-state index in [0.29, 0.717) is 19.0 Å². The summed E-state index contributed by atoms with van der Waals surface area (Å²) in [5.41, 5.74) is 5.91. The summed E-state index contributed by atoms with van der Waals surface area (Å²) in [6.45, 7) is 6.10. The first kappa shape index (κ1) is 12.0. The van der Waals surface area contributed by atoms with Crippen LogP contribution in [0.2, 0.25) is 0 Å².